The number of nitrogens with zero attached hydrogens (tertiary/aromatic N) is 3. The van der Waals surface area contributed by atoms with Crippen molar-refractivity contribution >= 4 is 27.4 Å². The van der Waals surface area contributed by atoms with Crippen molar-refractivity contribution in [1.29, 1.82) is 0 Å². The molecule has 0 unspecified atom stereocenters. The average molecular weight is 492 g/mol. The van der Waals surface area contributed by atoms with Gasteiger partial charge < -0.3 is 19.1 Å². The Hall–Kier alpha value is -3.22. The summed E-state index contributed by atoms with van der Waals surface area (Å²) in [6.07, 6.45) is 1.93. The van der Waals surface area contributed by atoms with Crippen molar-refractivity contribution in [1.82, 2.24) is 4.31 Å². The van der Waals surface area contributed by atoms with E-state index in [0.717, 1.165) is 30.2 Å². The molecule has 0 radical (unpaired) electrons. The van der Waals surface area contributed by atoms with Crippen LogP contribution in [0.4, 0.5) is 11.4 Å². The van der Waals surface area contributed by atoms with Gasteiger partial charge in [0.2, 0.25) is 10.0 Å². The monoisotopic (exact) mass is 491 g/mol. The minimum absolute atomic E-state index is 0.0185. The van der Waals surface area contributed by atoms with Gasteiger partial charge >= 0.3 is 5.97 Å². The van der Waals surface area contributed by atoms with Crippen LogP contribution in [0.15, 0.2) is 35.2 Å². The lowest BCUT2D eigenvalue weighted by Crippen LogP contribution is -2.25. The predicted molar refractivity (Wildman–Crippen MR) is 121 cm³/mol. The van der Waals surface area contributed by atoms with Crippen molar-refractivity contribution in [2.75, 3.05) is 38.9 Å². The number of carbonyl (C=O) groups excluding carboxylic acids is 1. The van der Waals surface area contributed by atoms with Crippen LogP contribution < -0.4 is 9.64 Å². The Morgan fingerprint density at radius 2 is 1.94 bits per heavy atom. The second-order valence-electron chi connectivity index (χ2n) is 8.20. The highest BCUT2D eigenvalue weighted by atomic mass is 32.2. The molecule has 182 valence electrons. The summed E-state index contributed by atoms with van der Waals surface area (Å²) in [5.41, 5.74) is 1.36. The second-order valence-corrected chi connectivity index (χ2v) is 10.3. The zero-order chi connectivity index (χ0) is 24.5. The molecule has 1 fully saturated rings. The van der Waals surface area contributed by atoms with Crippen LogP contribution in [-0.2, 0) is 32.7 Å². The molecule has 0 atom stereocenters. The number of anilines is 1. The summed E-state index contributed by atoms with van der Waals surface area (Å²) in [5.74, 6) is -0.349. The van der Waals surface area contributed by atoms with Gasteiger partial charge in [-0.25, -0.2) is 17.5 Å². The molecule has 0 saturated carbocycles. The molecular formula is C22H25N3O8S. The standard InChI is InChI=1S/C22H25N3O8S/c1-23(2)34(29,30)18-5-6-20(24-7-3-4-8-24)19(11-18)22(26)32-13-16-10-17(25(27)28)9-15-12-31-14-33-21(15)16/h5-6,9-11H,3-4,7-8,12-14H2,1-2H3. The largest absolute Gasteiger partial charge is 0.467 e. The molecule has 11 nitrogen and oxygen atoms in total. The van der Waals surface area contributed by atoms with Gasteiger partial charge in [0.25, 0.3) is 5.69 Å². The van der Waals surface area contributed by atoms with E-state index in [9.17, 15) is 23.3 Å². The minimum atomic E-state index is -3.77. The number of nitro benzene ring substituents is 1. The van der Waals surface area contributed by atoms with Crippen molar-refractivity contribution in [3.8, 4) is 5.75 Å². The second kappa shape index (κ2) is 9.57. The summed E-state index contributed by atoms with van der Waals surface area (Å²) >= 11 is 0. The summed E-state index contributed by atoms with van der Waals surface area (Å²) < 4.78 is 42.6. The van der Waals surface area contributed by atoms with E-state index >= 15 is 0 Å². The van der Waals surface area contributed by atoms with E-state index in [2.05, 4.69) is 0 Å². The van der Waals surface area contributed by atoms with E-state index in [0.29, 0.717) is 22.6 Å². The van der Waals surface area contributed by atoms with E-state index in [-0.39, 0.29) is 36.2 Å². The van der Waals surface area contributed by atoms with E-state index in [1.807, 2.05) is 4.90 Å². The number of hydrogen-bond acceptors (Lipinski definition) is 9. The SMILES string of the molecule is CN(C)S(=O)(=O)c1ccc(N2CCCC2)c(C(=O)OCc2cc([N+](=O)[O-])cc3c2OCOC3)c1. The molecule has 0 amide bonds. The van der Waals surface area contributed by atoms with E-state index in [4.69, 9.17) is 14.2 Å². The first-order valence-corrected chi connectivity index (χ1v) is 12.1. The first kappa shape index (κ1) is 23.9. The molecule has 0 aliphatic carbocycles. The summed E-state index contributed by atoms with van der Waals surface area (Å²) in [7, 11) is -0.942. The topological polar surface area (TPSA) is 129 Å². The maximum absolute atomic E-state index is 13.2. The van der Waals surface area contributed by atoms with Gasteiger partial charge in [0.05, 0.1) is 27.7 Å². The van der Waals surface area contributed by atoms with E-state index < -0.39 is 20.9 Å². The summed E-state index contributed by atoms with van der Waals surface area (Å²) in [5, 5.41) is 11.3. The summed E-state index contributed by atoms with van der Waals surface area (Å²) in [6.45, 7) is 1.32. The lowest BCUT2D eigenvalue weighted by atomic mass is 10.1. The van der Waals surface area contributed by atoms with Gasteiger partial charge in [0, 0.05) is 50.4 Å². The number of hydrogen-bond donors (Lipinski definition) is 0. The lowest BCUT2D eigenvalue weighted by Gasteiger charge is -2.23. The van der Waals surface area contributed by atoms with Crippen LogP contribution in [0.5, 0.6) is 5.75 Å². The third kappa shape index (κ3) is 4.69. The van der Waals surface area contributed by atoms with Crippen LogP contribution in [0.25, 0.3) is 0 Å². The molecule has 0 spiro atoms. The highest BCUT2D eigenvalue weighted by molar-refractivity contribution is 7.89. The Labute approximate surface area is 197 Å². The number of ether oxygens (including phenoxy) is 3. The van der Waals surface area contributed by atoms with Crippen LogP contribution in [0.3, 0.4) is 0 Å². The highest BCUT2D eigenvalue weighted by Gasteiger charge is 2.27. The van der Waals surface area contributed by atoms with Crippen LogP contribution in [0.2, 0.25) is 0 Å². The van der Waals surface area contributed by atoms with Crippen molar-refractivity contribution in [3.05, 3.63) is 57.1 Å². The number of esters is 1. The Morgan fingerprint density at radius 3 is 2.62 bits per heavy atom. The van der Waals surface area contributed by atoms with Crippen LogP contribution in [0, 0.1) is 10.1 Å². The smallest absolute Gasteiger partial charge is 0.340 e. The molecule has 12 heteroatoms. The number of sulfonamides is 1. The van der Waals surface area contributed by atoms with Crippen molar-refractivity contribution in [2.45, 2.75) is 31.0 Å². The van der Waals surface area contributed by atoms with E-state index in [1.165, 1.54) is 38.4 Å². The molecule has 2 aromatic rings. The van der Waals surface area contributed by atoms with Crippen molar-refractivity contribution in [2.24, 2.45) is 0 Å². The van der Waals surface area contributed by atoms with Gasteiger partial charge in [0.1, 0.15) is 12.4 Å². The van der Waals surface area contributed by atoms with Crippen molar-refractivity contribution in [3.63, 3.8) is 0 Å². The fraction of sp³-hybridized carbons (Fsp3) is 0.409. The Morgan fingerprint density at radius 1 is 1.21 bits per heavy atom. The van der Waals surface area contributed by atoms with Gasteiger partial charge in [-0.3, -0.25) is 10.1 Å². The molecular weight excluding hydrogens is 466 g/mol. The van der Waals surface area contributed by atoms with Crippen molar-refractivity contribution < 1.29 is 32.3 Å². The number of carbonyl (C=O) groups is 1. The molecule has 1 saturated heterocycles. The number of non-ortho nitro benzene ring substituents is 1. The molecule has 2 heterocycles. The summed E-state index contributed by atoms with van der Waals surface area (Å²) in [6, 6.07) is 7.07. The molecule has 0 aromatic heterocycles. The Bertz CT molecular complexity index is 1220. The van der Waals surface area contributed by atoms with Gasteiger partial charge in [-0.05, 0) is 31.0 Å². The lowest BCUT2D eigenvalue weighted by molar-refractivity contribution is -0.385. The third-order valence-electron chi connectivity index (χ3n) is 5.75. The van der Waals surface area contributed by atoms with Crippen LogP contribution in [-0.4, -0.2) is 57.6 Å². The number of fused-ring (bicyclic) bond motifs is 1. The maximum atomic E-state index is 13.2. The normalized spacial score (nSPS) is 15.7. The van der Waals surface area contributed by atoms with Crippen LogP contribution >= 0.6 is 0 Å². The van der Waals surface area contributed by atoms with Gasteiger partial charge in [0.15, 0.2) is 6.79 Å². The molecule has 2 aromatic carbocycles. The molecule has 2 aliphatic heterocycles. The van der Waals surface area contributed by atoms with Gasteiger partial charge in [-0.15, -0.1) is 0 Å². The fourth-order valence-electron chi connectivity index (χ4n) is 4.00. The quantitative estimate of drug-likeness (QED) is 0.326. The Kier molecular flexibility index (Phi) is 6.73. The zero-order valence-electron chi connectivity index (χ0n) is 18.9. The summed E-state index contributed by atoms with van der Waals surface area (Å²) in [4.78, 5) is 25.9. The van der Waals surface area contributed by atoms with Gasteiger partial charge in [-0.2, -0.15) is 0 Å². The number of rotatable bonds is 7. The molecule has 34 heavy (non-hydrogen) atoms. The molecule has 0 N–H and O–H groups in total. The van der Waals surface area contributed by atoms with Gasteiger partial charge in [-0.1, -0.05) is 0 Å². The third-order valence-corrected chi connectivity index (χ3v) is 7.57. The van der Waals surface area contributed by atoms with E-state index in [1.54, 1.807) is 6.07 Å². The fourth-order valence-corrected chi connectivity index (χ4v) is 4.93. The minimum Gasteiger partial charge on any atom is -0.467 e. The maximum Gasteiger partial charge on any atom is 0.340 e. The van der Waals surface area contributed by atoms with Crippen LogP contribution in [0.1, 0.15) is 34.3 Å². The predicted octanol–water partition coefficient (Wildman–Crippen LogP) is 2.67. The average Bonchev–Trinajstić information content (AvgIpc) is 3.36. The first-order valence-electron chi connectivity index (χ1n) is 10.7. The number of benzene rings is 2. The Balaban J connectivity index is 1.66. The molecule has 4 rings (SSSR count). The molecule has 2 aliphatic rings. The number of nitro groups is 1. The highest BCUT2D eigenvalue weighted by Crippen LogP contribution is 2.34. The molecule has 0 bridgehead atoms. The zero-order valence-corrected chi connectivity index (χ0v) is 19.7. The first-order chi connectivity index (χ1) is 16.2.